The quantitative estimate of drug-likeness (QED) is 0.661. The van der Waals surface area contributed by atoms with Crippen molar-refractivity contribution in [1.29, 1.82) is 0 Å². The van der Waals surface area contributed by atoms with Crippen LogP contribution in [-0.2, 0) is 16.5 Å². The summed E-state index contributed by atoms with van der Waals surface area (Å²) in [5.41, 5.74) is -0.118. The molecule has 1 aromatic rings. The van der Waals surface area contributed by atoms with Crippen LogP contribution in [-0.4, -0.2) is 43.0 Å². The van der Waals surface area contributed by atoms with Crippen LogP contribution in [0, 0.1) is 0 Å². The van der Waals surface area contributed by atoms with Gasteiger partial charge in [0.05, 0.1) is 13.2 Å². The van der Waals surface area contributed by atoms with Crippen molar-refractivity contribution in [3.05, 3.63) is 22.7 Å². The van der Waals surface area contributed by atoms with Gasteiger partial charge in [-0.3, -0.25) is 4.79 Å². The number of hydrogen-bond acceptors (Lipinski definition) is 5. The minimum Gasteiger partial charge on any atom is -0.382 e. The summed E-state index contributed by atoms with van der Waals surface area (Å²) < 4.78 is 11.6. The molecule has 1 rings (SSSR count). The van der Waals surface area contributed by atoms with E-state index in [4.69, 9.17) is 9.47 Å². The third-order valence-corrected chi connectivity index (χ3v) is 2.21. The lowest BCUT2D eigenvalue weighted by Gasteiger charge is -2.06. The fourth-order valence-corrected chi connectivity index (χ4v) is 1.24. The van der Waals surface area contributed by atoms with Gasteiger partial charge in [-0.15, -0.1) is 0 Å². The lowest BCUT2D eigenvalue weighted by molar-refractivity contribution is 0.0705. The Kier molecular flexibility index (Phi) is 6.27. The van der Waals surface area contributed by atoms with Crippen molar-refractivity contribution in [2.24, 2.45) is 7.05 Å². The molecule has 96 valence electrons. The number of ether oxygens (including phenoxy) is 2. The van der Waals surface area contributed by atoms with Crippen molar-refractivity contribution < 1.29 is 9.47 Å². The van der Waals surface area contributed by atoms with Gasteiger partial charge in [0, 0.05) is 39.7 Å². The predicted molar refractivity (Wildman–Crippen MR) is 65.3 cm³/mol. The first-order valence-electron chi connectivity index (χ1n) is 5.58. The molecule has 0 amide bonds. The largest absolute Gasteiger partial charge is 0.382 e. The highest BCUT2D eigenvalue weighted by Crippen LogP contribution is 1.92. The Labute approximate surface area is 101 Å². The zero-order valence-corrected chi connectivity index (χ0v) is 10.3. The molecule has 0 radical (unpaired) electrons. The number of nitrogens with zero attached hydrogens (tertiary/aromatic N) is 2. The second-order valence-electron chi connectivity index (χ2n) is 3.58. The summed E-state index contributed by atoms with van der Waals surface area (Å²) in [6.07, 6.45) is 4.05. The number of rotatable bonds is 8. The van der Waals surface area contributed by atoms with E-state index in [1.165, 1.54) is 4.57 Å². The van der Waals surface area contributed by atoms with Gasteiger partial charge in [0.2, 0.25) is 0 Å². The summed E-state index contributed by atoms with van der Waals surface area (Å²) in [5.74, 6) is 0.381. The van der Waals surface area contributed by atoms with Crippen molar-refractivity contribution in [3.63, 3.8) is 0 Å². The van der Waals surface area contributed by atoms with Crippen LogP contribution in [0.25, 0.3) is 0 Å². The Hall–Kier alpha value is -1.40. The average Bonchev–Trinajstić information content (AvgIpc) is 2.33. The maximum Gasteiger partial charge on any atom is 0.293 e. The van der Waals surface area contributed by atoms with Gasteiger partial charge in [0.1, 0.15) is 0 Å². The fraction of sp³-hybridized carbons (Fsp3) is 0.636. The number of aromatic nitrogens is 2. The highest BCUT2D eigenvalue weighted by molar-refractivity contribution is 5.30. The van der Waals surface area contributed by atoms with Crippen LogP contribution in [0.2, 0.25) is 0 Å². The van der Waals surface area contributed by atoms with Crippen molar-refractivity contribution in [1.82, 2.24) is 9.55 Å². The molecule has 0 saturated carbocycles. The lowest BCUT2D eigenvalue weighted by atomic mass is 10.4. The topological polar surface area (TPSA) is 65.4 Å². The van der Waals surface area contributed by atoms with Crippen LogP contribution >= 0.6 is 0 Å². The first-order valence-corrected chi connectivity index (χ1v) is 5.58. The van der Waals surface area contributed by atoms with Crippen LogP contribution in [0.5, 0.6) is 0 Å². The van der Waals surface area contributed by atoms with Gasteiger partial charge in [-0.1, -0.05) is 0 Å². The number of nitrogens with one attached hydrogen (secondary N) is 1. The molecule has 0 atom stereocenters. The molecular formula is C11H19N3O3. The standard InChI is InChI=1S/C11H19N3O3/c1-14-6-5-13-10(11(14)15)12-4-3-7-17-9-8-16-2/h5-6H,3-4,7-9H2,1-2H3,(H,12,13). The smallest absolute Gasteiger partial charge is 0.293 e. The summed E-state index contributed by atoms with van der Waals surface area (Å²) in [4.78, 5) is 15.5. The zero-order chi connectivity index (χ0) is 12.5. The van der Waals surface area contributed by atoms with Gasteiger partial charge in [-0.2, -0.15) is 0 Å². The van der Waals surface area contributed by atoms with Gasteiger partial charge in [-0.05, 0) is 6.42 Å². The van der Waals surface area contributed by atoms with Gasteiger partial charge in [0.25, 0.3) is 5.56 Å². The molecule has 0 aromatic carbocycles. The van der Waals surface area contributed by atoms with Gasteiger partial charge < -0.3 is 19.4 Å². The molecule has 0 unspecified atom stereocenters. The van der Waals surface area contributed by atoms with Crippen LogP contribution in [0.15, 0.2) is 17.2 Å². The van der Waals surface area contributed by atoms with E-state index in [2.05, 4.69) is 10.3 Å². The molecule has 17 heavy (non-hydrogen) atoms. The van der Waals surface area contributed by atoms with Crippen LogP contribution in [0.3, 0.4) is 0 Å². The molecule has 0 aliphatic carbocycles. The second-order valence-corrected chi connectivity index (χ2v) is 3.58. The third-order valence-electron chi connectivity index (χ3n) is 2.21. The molecule has 0 spiro atoms. The molecule has 0 fully saturated rings. The van der Waals surface area contributed by atoms with Gasteiger partial charge in [0.15, 0.2) is 5.82 Å². The average molecular weight is 241 g/mol. The first-order chi connectivity index (χ1) is 8.25. The Bertz CT molecular complexity index is 378. The molecule has 0 aliphatic heterocycles. The molecule has 1 heterocycles. The van der Waals surface area contributed by atoms with E-state index in [1.807, 2.05) is 0 Å². The predicted octanol–water partition coefficient (Wildman–Crippen LogP) is 0.245. The van der Waals surface area contributed by atoms with Crippen LogP contribution < -0.4 is 10.9 Å². The number of aryl methyl sites for hydroxylation is 1. The van der Waals surface area contributed by atoms with Gasteiger partial charge in [-0.25, -0.2) is 4.98 Å². The summed E-state index contributed by atoms with van der Waals surface area (Å²) >= 11 is 0. The van der Waals surface area contributed by atoms with Crippen molar-refractivity contribution in [2.75, 3.05) is 38.8 Å². The summed E-state index contributed by atoms with van der Waals surface area (Å²) in [6.45, 7) is 2.51. The summed E-state index contributed by atoms with van der Waals surface area (Å²) in [5, 5.41) is 2.99. The summed E-state index contributed by atoms with van der Waals surface area (Å²) in [6, 6.07) is 0. The van der Waals surface area contributed by atoms with E-state index in [-0.39, 0.29) is 5.56 Å². The summed E-state index contributed by atoms with van der Waals surface area (Å²) in [7, 11) is 3.34. The Morgan fingerprint density at radius 1 is 1.41 bits per heavy atom. The number of hydrogen-bond donors (Lipinski definition) is 1. The Morgan fingerprint density at radius 2 is 2.24 bits per heavy atom. The lowest BCUT2D eigenvalue weighted by Crippen LogP contribution is -2.22. The van der Waals surface area contributed by atoms with Crippen LogP contribution in [0.1, 0.15) is 6.42 Å². The molecule has 0 saturated heterocycles. The highest BCUT2D eigenvalue weighted by Gasteiger charge is 2.00. The van der Waals surface area contributed by atoms with E-state index >= 15 is 0 Å². The van der Waals surface area contributed by atoms with Crippen molar-refractivity contribution in [3.8, 4) is 0 Å². The number of methoxy groups -OCH3 is 1. The fourth-order valence-electron chi connectivity index (χ4n) is 1.24. The van der Waals surface area contributed by atoms with Crippen molar-refractivity contribution in [2.45, 2.75) is 6.42 Å². The van der Waals surface area contributed by atoms with E-state index < -0.39 is 0 Å². The zero-order valence-electron chi connectivity index (χ0n) is 10.3. The van der Waals surface area contributed by atoms with Crippen LogP contribution in [0.4, 0.5) is 5.82 Å². The monoisotopic (exact) mass is 241 g/mol. The second kappa shape index (κ2) is 7.81. The Morgan fingerprint density at radius 3 is 3.00 bits per heavy atom. The molecule has 0 aliphatic rings. The maximum atomic E-state index is 11.6. The Balaban J connectivity index is 2.18. The van der Waals surface area contributed by atoms with E-state index in [0.717, 1.165) is 6.42 Å². The van der Waals surface area contributed by atoms with Crippen molar-refractivity contribution >= 4 is 5.82 Å². The molecular weight excluding hydrogens is 222 g/mol. The van der Waals surface area contributed by atoms with E-state index in [0.29, 0.717) is 32.2 Å². The third kappa shape index (κ3) is 4.97. The maximum absolute atomic E-state index is 11.6. The van der Waals surface area contributed by atoms with E-state index in [9.17, 15) is 4.79 Å². The minimum atomic E-state index is -0.118. The van der Waals surface area contributed by atoms with E-state index in [1.54, 1.807) is 26.6 Å². The molecule has 6 nitrogen and oxygen atoms in total. The van der Waals surface area contributed by atoms with Gasteiger partial charge >= 0.3 is 0 Å². The normalized spacial score (nSPS) is 10.5. The minimum absolute atomic E-state index is 0.118. The number of anilines is 1. The first kappa shape index (κ1) is 13.7. The SMILES string of the molecule is COCCOCCCNc1nccn(C)c1=O. The molecule has 0 bridgehead atoms. The highest BCUT2D eigenvalue weighted by atomic mass is 16.5. The molecule has 6 heteroatoms. The molecule has 1 aromatic heterocycles. The molecule has 1 N–H and O–H groups in total.